The monoisotopic (exact) mass is 248 g/mol. The number of halogens is 2. The molecule has 1 aromatic rings. The standard InChI is InChI=1S/C10H10ClFO2S/c1-3-14-10(13)6-4-5-7(15-2)9(12)8(6)11/h4-5H,3H2,1-2H3. The van der Waals surface area contributed by atoms with E-state index in [1.54, 1.807) is 13.2 Å². The van der Waals surface area contributed by atoms with Crippen LogP contribution in [-0.2, 0) is 4.74 Å². The average Bonchev–Trinajstić information content (AvgIpc) is 2.22. The van der Waals surface area contributed by atoms with Crippen LogP contribution < -0.4 is 0 Å². The van der Waals surface area contributed by atoms with Crippen molar-refractivity contribution < 1.29 is 13.9 Å². The van der Waals surface area contributed by atoms with Crippen molar-refractivity contribution in [2.24, 2.45) is 0 Å². The van der Waals surface area contributed by atoms with Crippen LogP contribution in [0.1, 0.15) is 17.3 Å². The Balaban J connectivity index is 3.11. The van der Waals surface area contributed by atoms with Gasteiger partial charge < -0.3 is 4.74 Å². The number of ether oxygens (including phenoxy) is 1. The molecule has 0 aromatic heterocycles. The predicted octanol–water partition coefficient (Wildman–Crippen LogP) is 3.38. The van der Waals surface area contributed by atoms with Gasteiger partial charge in [-0.05, 0) is 25.3 Å². The second-order valence-electron chi connectivity index (χ2n) is 2.66. The first kappa shape index (κ1) is 12.3. The van der Waals surface area contributed by atoms with Gasteiger partial charge in [0.2, 0.25) is 0 Å². The topological polar surface area (TPSA) is 26.3 Å². The van der Waals surface area contributed by atoms with E-state index in [9.17, 15) is 9.18 Å². The predicted molar refractivity (Wildman–Crippen MR) is 59.1 cm³/mol. The van der Waals surface area contributed by atoms with Crippen LogP contribution in [0.5, 0.6) is 0 Å². The molecule has 1 rings (SSSR count). The molecule has 82 valence electrons. The molecule has 0 heterocycles. The third-order valence-corrected chi connectivity index (χ3v) is 2.89. The third kappa shape index (κ3) is 2.63. The number of esters is 1. The van der Waals surface area contributed by atoms with E-state index in [-0.39, 0.29) is 17.2 Å². The quantitative estimate of drug-likeness (QED) is 0.606. The summed E-state index contributed by atoms with van der Waals surface area (Å²) < 4.78 is 18.2. The van der Waals surface area contributed by atoms with Gasteiger partial charge in [-0.3, -0.25) is 0 Å². The summed E-state index contributed by atoms with van der Waals surface area (Å²) in [6.07, 6.45) is 1.73. The molecule has 0 aliphatic rings. The molecule has 0 saturated carbocycles. The Morgan fingerprint density at radius 3 is 2.80 bits per heavy atom. The fourth-order valence-electron chi connectivity index (χ4n) is 1.06. The highest BCUT2D eigenvalue weighted by Gasteiger charge is 2.17. The Bertz CT molecular complexity index is 382. The summed E-state index contributed by atoms with van der Waals surface area (Å²) in [7, 11) is 0. The highest BCUT2D eigenvalue weighted by atomic mass is 35.5. The van der Waals surface area contributed by atoms with Crippen molar-refractivity contribution in [3.63, 3.8) is 0 Å². The number of carbonyl (C=O) groups excluding carboxylic acids is 1. The van der Waals surface area contributed by atoms with Gasteiger partial charge in [-0.2, -0.15) is 0 Å². The molecule has 0 aliphatic heterocycles. The molecule has 0 saturated heterocycles. The molecule has 1 aromatic carbocycles. The van der Waals surface area contributed by atoms with Crippen LogP contribution in [0.2, 0.25) is 5.02 Å². The summed E-state index contributed by atoms with van der Waals surface area (Å²) in [5.41, 5.74) is 0.0637. The normalized spacial score (nSPS) is 10.1. The molecular weight excluding hydrogens is 239 g/mol. The van der Waals surface area contributed by atoms with Crippen LogP contribution in [0.15, 0.2) is 17.0 Å². The summed E-state index contributed by atoms with van der Waals surface area (Å²) in [5.74, 6) is -1.18. The molecule has 0 bridgehead atoms. The van der Waals surface area contributed by atoms with Gasteiger partial charge in [-0.1, -0.05) is 11.6 Å². The number of rotatable bonds is 3. The maximum absolute atomic E-state index is 13.5. The van der Waals surface area contributed by atoms with Crippen molar-refractivity contribution in [2.75, 3.05) is 12.9 Å². The van der Waals surface area contributed by atoms with E-state index in [4.69, 9.17) is 16.3 Å². The van der Waals surface area contributed by atoms with Crippen LogP contribution in [0, 0.1) is 5.82 Å². The Hall–Kier alpha value is -0.740. The van der Waals surface area contributed by atoms with Crippen molar-refractivity contribution in [3.8, 4) is 0 Å². The minimum Gasteiger partial charge on any atom is -0.462 e. The Morgan fingerprint density at radius 2 is 2.27 bits per heavy atom. The highest BCUT2D eigenvalue weighted by molar-refractivity contribution is 7.98. The molecule has 0 spiro atoms. The zero-order valence-electron chi connectivity index (χ0n) is 8.34. The number of thioether (sulfide) groups is 1. The molecular formula is C10H10ClFO2S. The van der Waals surface area contributed by atoms with Gasteiger partial charge in [-0.15, -0.1) is 11.8 Å². The van der Waals surface area contributed by atoms with Gasteiger partial charge in [0.25, 0.3) is 0 Å². The molecule has 0 fully saturated rings. The summed E-state index contributed by atoms with van der Waals surface area (Å²) in [5, 5.41) is -0.180. The Labute approximate surface area is 96.8 Å². The van der Waals surface area contributed by atoms with Crippen LogP contribution in [-0.4, -0.2) is 18.8 Å². The lowest BCUT2D eigenvalue weighted by atomic mass is 10.2. The number of hydrogen-bond acceptors (Lipinski definition) is 3. The molecule has 0 radical (unpaired) electrons. The first-order valence-electron chi connectivity index (χ1n) is 4.31. The van der Waals surface area contributed by atoms with Crippen LogP contribution in [0.25, 0.3) is 0 Å². The minimum atomic E-state index is -0.603. The zero-order valence-corrected chi connectivity index (χ0v) is 9.91. The van der Waals surface area contributed by atoms with E-state index in [1.807, 2.05) is 0 Å². The Morgan fingerprint density at radius 1 is 1.60 bits per heavy atom. The second kappa shape index (κ2) is 5.37. The van der Waals surface area contributed by atoms with Gasteiger partial charge in [0.05, 0.1) is 17.2 Å². The molecule has 5 heteroatoms. The summed E-state index contributed by atoms with van der Waals surface area (Å²) >= 11 is 6.95. The molecule has 0 N–H and O–H groups in total. The average molecular weight is 249 g/mol. The summed E-state index contributed by atoms with van der Waals surface area (Å²) in [6, 6.07) is 2.98. The smallest absolute Gasteiger partial charge is 0.339 e. The largest absolute Gasteiger partial charge is 0.462 e. The van der Waals surface area contributed by atoms with E-state index in [1.165, 1.54) is 23.9 Å². The van der Waals surface area contributed by atoms with E-state index in [2.05, 4.69) is 0 Å². The van der Waals surface area contributed by atoms with Crippen LogP contribution in [0.4, 0.5) is 4.39 Å². The maximum Gasteiger partial charge on any atom is 0.339 e. The lowest BCUT2D eigenvalue weighted by Crippen LogP contribution is -2.06. The number of benzene rings is 1. The van der Waals surface area contributed by atoms with Crippen LogP contribution in [0.3, 0.4) is 0 Å². The molecule has 0 amide bonds. The number of carbonyl (C=O) groups is 1. The first-order valence-corrected chi connectivity index (χ1v) is 5.91. The highest BCUT2D eigenvalue weighted by Crippen LogP contribution is 2.28. The van der Waals surface area contributed by atoms with Gasteiger partial charge >= 0.3 is 5.97 Å². The fourth-order valence-corrected chi connectivity index (χ4v) is 1.84. The Kier molecular flexibility index (Phi) is 4.42. The molecule has 0 aliphatic carbocycles. The molecule has 2 nitrogen and oxygen atoms in total. The maximum atomic E-state index is 13.5. The second-order valence-corrected chi connectivity index (χ2v) is 3.89. The SMILES string of the molecule is CCOC(=O)c1ccc(SC)c(F)c1Cl. The third-order valence-electron chi connectivity index (χ3n) is 1.76. The molecule has 0 atom stereocenters. The molecule has 0 unspecified atom stereocenters. The van der Waals surface area contributed by atoms with Crippen molar-refractivity contribution in [1.82, 2.24) is 0 Å². The minimum absolute atomic E-state index is 0.0637. The van der Waals surface area contributed by atoms with Gasteiger partial charge in [-0.25, -0.2) is 9.18 Å². The fraction of sp³-hybridized carbons (Fsp3) is 0.300. The lowest BCUT2D eigenvalue weighted by Gasteiger charge is -2.06. The number of hydrogen-bond donors (Lipinski definition) is 0. The van der Waals surface area contributed by atoms with Crippen LogP contribution >= 0.6 is 23.4 Å². The first-order chi connectivity index (χ1) is 7.11. The van der Waals surface area contributed by atoms with Gasteiger partial charge in [0, 0.05) is 4.90 Å². The van der Waals surface area contributed by atoms with Crippen molar-refractivity contribution in [3.05, 3.63) is 28.5 Å². The van der Waals surface area contributed by atoms with Gasteiger partial charge in [0.15, 0.2) is 5.82 Å². The van der Waals surface area contributed by atoms with Crippen molar-refractivity contribution in [2.45, 2.75) is 11.8 Å². The van der Waals surface area contributed by atoms with E-state index >= 15 is 0 Å². The zero-order chi connectivity index (χ0) is 11.4. The van der Waals surface area contributed by atoms with E-state index in [0.717, 1.165) is 0 Å². The summed E-state index contributed by atoms with van der Waals surface area (Å²) in [4.78, 5) is 11.7. The molecule has 15 heavy (non-hydrogen) atoms. The van der Waals surface area contributed by atoms with Crippen molar-refractivity contribution in [1.29, 1.82) is 0 Å². The van der Waals surface area contributed by atoms with E-state index in [0.29, 0.717) is 4.90 Å². The van der Waals surface area contributed by atoms with E-state index < -0.39 is 11.8 Å². The van der Waals surface area contributed by atoms with Crippen molar-refractivity contribution >= 4 is 29.3 Å². The van der Waals surface area contributed by atoms with Gasteiger partial charge in [0.1, 0.15) is 0 Å². The summed E-state index contributed by atoms with van der Waals surface area (Å²) in [6.45, 7) is 1.92. The lowest BCUT2D eigenvalue weighted by molar-refractivity contribution is 0.0526.